The Kier molecular flexibility index (Phi) is 4.95. The summed E-state index contributed by atoms with van der Waals surface area (Å²) in [4.78, 5) is 22.3. The van der Waals surface area contributed by atoms with E-state index in [0.29, 0.717) is 11.3 Å². The normalized spacial score (nSPS) is 11.6. The van der Waals surface area contributed by atoms with Gasteiger partial charge in [0.05, 0.1) is 4.92 Å². The Bertz CT molecular complexity index is 724. The third-order valence-corrected chi connectivity index (χ3v) is 3.25. The zero-order chi connectivity index (χ0) is 17.0. The molecule has 0 spiro atoms. The lowest BCUT2D eigenvalue weighted by molar-refractivity contribution is -0.385. The number of nitro groups is 1. The van der Waals surface area contributed by atoms with Gasteiger partial charge in [-0.3, -0.25) is 10.1 Å². The van der Waals surface area contributed by atoms with Crippen LogP contribution >= 0.6 is 0 Å². The first-order valence-corrected chi connectivity index (χ1v) is 7.07. The maximum Gasteiger partial charge on any atom is 0.352 e. The molecule has 0 aliphatic heterocycles. The van der Waals surface area contributed by atoms with Crippen LogP contribution < -0.4 is 9.47 Å². The fourth-order valence-electron chi connectivity index (χ4n) is 1.96. The van der Waals surface area contributed by atoms with Crippen molar-refractivity contribution in [3.05, 3.63) is 63.7 Å². The third-order valence-electron chi connectivity index (χ3n) is 3.25. The summed E-state index contributed by atoms with van der Waals surface area (Å²) >= 11 is 0. The summed E-state index contributed by atoms with van der Waals surface area (Å²) in [7, 11) is 0. The Morgan fingerprint density at radius 3 is 2.26 bits per heavy atom. The van der Waals surface area contributed by atoms with Crippen LogP contribution in [0.5, 0.6) is 11.5 Å². The molecule has 2 aromatic rings. The van der Waals surface area contributed by atoms with Gasteiger partial charge in [0.15, 0.2) is 6.10 Å². The number of hydrogen-bond acceptors (Lipinski definition) is 5. The van der Waals surface area contributed by atoms with E-state index in [1.165, 1.54) is 18.2 Å². The SMILES string of the molecule is Cc1ccc(OC(C)C(=O)Oc2ccc([N+](=O)[O-])c(C)c2)cc1. The first-order valence-electron chi connectivity index (χ1n) is 7.07. The summed E-state index contributed by atoms with van der Waals surface area (Å²) in [6.45, 7) is 5.13. The summed E-state index contributed by atoms with van der Waals surface area (Å²) in [6, 6.07) is 11.5. The standard InChI is InChI=1S/C17H17NO5/c1-11-4-6-14(7-5-11)22-13(3)17(19)23-15-8-9-16(18(20)21)12(2)10-15/h4-10,13H,1-3H3. The van der Waals surface area contributed by atoms with Gasteiger partial charge in [-0.2, -0.15) is 0 Å². The summed E-state index contributed by atoms with van der Waals surface area (Å²) in [6.07, 6.45) is -0.798. The lowest BCUT2D eigenvalue weighted by Gasteiger charge is -2.14. The molecule has 0 saturated heterocycles. The minimum Gasteiger partial charge on any atom is -0.479 e. The minimum absolute atomic E-state index is 0.0197. The Balaban J connectivity index is 2.02. The molecule has 2 aromatic carbocycles. The number of benzene rings is 2. The van der Waals surface area contributed by atoms with Gasteiger partial charge in [-0.25, -0.2) is 4.79 Å². The van der Waals surface area contributed by atoms with Crippen LogP contribution in [-0.4, -0.2) is 17.0 Å². The van der Waals surface area contributed by atoms with Crippen molar-refractivity contribution >= 4 is 11.7 Å². The highest BCUT2D eigenvalue weighted by Gasteiger charge is 2.19. The average Bonchev–Trinajstić information content (AvgIpc) is 2.49. The van der Waals surface area contributed by atoms with Gasteiger partial charge in [0, 0.05) is 11.6 Å². The van der Waals surface area contributed by atoms with Crippen molar-refractivity contribution in [2.24, 2.45) is 0 Å². The van der Waals surface area contributed by atoms with Crippen molar-refractivity contribution in [1.82, 2.24) is 0 Å². The lowest BCUT2D eigenvalue weighted by Crippen LogP contribution is -2.28. The lowest BCUT2D eigenvalue weighted by atomic mass is 10.2. The molecular formula is C17H17NO5. The molecule has 2 rings (SSSR count). The molecule has 1 unspecified atom stereocenters. The third kappa shape index (κ3) is 4.29. The van der Waals surface area contributed by atoms with Crippen molar-refractivity contribution in [2.75, 3.05) is 0 Å². The zero-order valence-corrected chi connectivity index (χ0v) is 13.1. The van der Waals surface area contributed by atoms with Gasteiger partial charge in [-0.15, -0.1) is 0 Å². The second kappa shape index (κ2) is 6.91. The second-order valence-corrected chi connectivity index (χ2v) is 5.20. The highest BCUT2D eigenvalue weighted by Crippen LogP contribution is 2.23. The van der Waals surface area contributed by atoms with E-state index < -0.39 is 17.0 Å². The van der Waals surface area contributed by atoms with Crippen molar-refractivity contribution in [3.8, 4) is 11.5 Å². The largest absolute Gasteiger partial charge is 0.479 e. The predicted octanol–water partition coefficient (Wildman–Crippen LogP) is 3.58. The first-order chi connectivity index (χ1) is 10.9. The van der Waals surface area contributed by atoms with Crippen molar-refractivity contribution < 1.29 is 19.2 Å². The van der Waals surface area contributed by atoms with Gasteiger partial charge < -0.3 is 9.47 Å². The van der Waals surface area contributed by atoms with E-state index in [4.69, 9.17) is 9.47 Å². The molecule has 0 amide bonds. The van der Waals surface area contributed by atoms with Crippen LogP contribution in [0.1, 0.15) is 18.1 Å². The van der Waals surface area contributed by atoms with E-state index in [-0.39, 0.29) is 11.4 Å². The Morgan fingerprint density at radius 2 is 1.70 bits per heavy atom. The van der Waals surface area contributed by atoms with Crippen LogP contribution in [0.15, 0.2) is 42.5 Å². The molecule has 120 valence electrons. The van der Waals surface area contributed by atoms with Crippen LogP contribution in [0.3, 0.4) is 0 Å². The number of esters is 1. The monoisotopic (exact) mass is 315 g/mol. The molecule has 0 aromatic heterocycles. The number of nitrogens with zero attached hydrogens (tertiary/aromatic N) is 1. The van der Waals surface area contributed by atoms with E-state index in [2.05, 4.69) is 0 Å². The number of carbonyl (C=O) groups excluding carboxylic acids is 1. The maximum absolute atomic E-state index is 12.0. The summed E-state index contributed by atoms with van der Waals surface area (Å²) < 4.78 is 10.7. The fraction of sp³-hybridized carbons (Fsp3) is 0.235. The Morgan fingerprint density at radius 1 is 1.09 bits per heavy atom. The highest BCUT2D eigenvalue weighted by atomic mass is 16.6. The van der Waals surface area contributed by atoms with E-state index in [9.17, 15) is 14.9 Å². The van der Waals surface area contributed by atoms with Crippen LogP contribution in [0.2, 0.25) is 0 Å². The van der Waals surface area contributed by atoms with Crippen LogP contribution in [0.4, 0.5) is 5.69 Å². The van der Waals surface area contributed by atoms with Crippen LogP contribution in [0.25, 0.3) is 0 Å². The number of ether oxygens (including phenoxy) is 2. The number of carbonyl (C=O) groups is 1. The zero-order valence-electron chi connectivity index (χ0n) is 13.1. The van der Waals surface area contributed by atoms with Gasteiger partial charge in [-0.05, 0) is 45.0 Å². The molecule has 23 heavy (non-hydrogen) atoms. The number of nitro benzene ring substituents is 1. The second-order valence-electron chi connectivity index (χ2n) is 5.20. The molecular weight excluding hydrogens is 298 g/mol. The van der Waals surface area contributed by atoms with Crippen molar-refractivity contribution in [3.63, 3.8) is 0 Å². The van der Waals surface area contributed by atoms with Crippen LogP contribution in [-0.2, 0) is 4.79 Å². The molecule has 0 saturated carbocycles. The van der Waals surface area contributed by atoms with Gasteiger partial charge in [0.1, 0.15) is 11.5 Å². The Hall–Kier alpha value is -2.89. The topological polar surface area (TPSA) is 78.7 Å². The van der Waals surface area contributed by atoms with Gasteiger partial charge in [0.2, 0.25) is 0 Å². The summed E-state index contributed by atoms with van der Waals surface area (Å²) in [5, 5.41) is 10.8. The molecule has 6 nitrogen and oxygen atoms in total. The molecule has 0 radical (unpaired) electrons. The fourth-order valence-corrected chi connectivity index (χ4v) is 1.96. The van der Waals surface area contributed by atoms with Gasteiger partial charge in [-0.1, -0.05) is 17.7 Å². The molecule has 0 N–H and O–H groups in total. The van der Waals surface area contributed by atoms with E-state index >= 15 is 0 Å². The predicted molar refractivity (Wildman–Crippen MR) is 84.7 cm³/mol. The van der Waals surface area contributed by atoms with E-state index in [0.717, 1.165) is 5.56 Å². The van der Waals surface area contributed by atoms with Crippen molar-refractivity contribution in [2.45, 2.75) is 26.9 Å². The summed E-state index contributed by atoms with van der Waals surface area (Å²) in [5.41, 5.74) is 1.50. The molecule has 0 bridgehead atoms. The maximum atomic E-state index is 12.0. The van der Waals surface area contributed by atoms with Crippen molar-refractivity contribution in [1.29, 1.82) is 0 Å². The highest BCUT2D eigenvalue weighted by molar-refractivity contribution is 5.77. The van der Waals surface area contributed by atoms with E-state index in [1.54, 1.807) is 26.0 Å². The Labute approximate surface area is 133 Å². The van der Waals surface area contributed by atoms with Gasteiger partial charge >= 0.3 is 5.97 Å². The quantitative estimate of drug-likeness (QED) is 0.365. The molecule has 1 atom stereocenters. The number of hydrogen-bond donors (Lipinski definition) is 0. The average molecular weight is 315 g/mol. The number of aryl methyl sites for hydroxylation is 2. The summed E-state index contributed by atoms with van der Waals surface area (Å²) in [5.74, 6) is 0.246. The van der Waals surface area contributed by atoms with Crippen LogP contribution in [0, 0.1) is 24.0 Å². The smallest absolute Gasteiger partial charge is 0.352 e. The molecule has 0 heterocycles. The first kappa shape index (κ1) is 16.5. The van der Waals surface area contributed by atoms with E-state index in [1.807, 2.05) is 19.1 Å². The molecule has 0 aliphatic rings. The molecule has 0 aliphatic carbocycles. The minimum atomic E-state index is -0.798. The van der Waals surface area contributed by atoms with Gasteiger partial charge in [0.25, 0.3) is 5.69 Å². The number of rotatable bonds is 5. The molecule has 6 heteroatoms. The molecule has 0 fully saturated rings.